The lowest BCUT2D eigenvalue weighted by Gasteiger charge is -2.33. The van der Waals surface area contributed by atoms with E-state index in [2.05, 4.69) is 21.8 Å². The summed E-state index contributed by atoms with van der Waals surface area (Å²) < 4.78 is 4.70. The van der Waals surface area contributed by atoms with E-state index < -0.39 is 5.97 Å². The fraction of sp³-hybridized carbons (Fsp3) is 0.500. The molecule has 0 aliphatic carbocycles. The Kier molecular flexibility index (Phi) is 4.04. The minimum atomic E-state index is -0.394. The maximum atomic E-state index is 11.5. The molecular formula is C12H16ClN3O2. The molecule has 0 aromatic carbocycles. The van der Waals surface area contributed by atoms with Gasteiger partial charge in [-0.3, -0.25) is 0 Å². The predicted molar refractivity (Wildman–Crippen MR) is 70.3 cm³/mol. The molecule has 0 radical (unpaired) electrons. The topological polar surface area (TPSA) is 45.7 Å². The van der Waals surface area contributed by atoms with E-state index in [1.807, 2.05) is 0 Å². The molecule has 1 aliphatic rings. The molecule has 0 amide bonds. The zero-order valence-corrected chi connectivity index (χ0v) is 11.3. The van der Waals surface area contributed by atoms with Crippen LogP contribution < -0.4 is 4.90 Å². The van der Waals surface area contributed by atoms with Crippen molar-refractivity contribution in [1.29, 1.82) is 0 Å². The molecule has 0 atom stereocenters. The van der Waals surface area contributed by atoms with Gasteiger partial charge in [0.2, 0.25) is 0 Å². The molecule has 2 rings (SSSR count). The first-order chi connectivity index (χ1) is 8.60. The predicted octanol–water partition coefficient (Wildman–Crippen LogP) is 1.27. The number of carbonyl (C=O) groups excluding carboxylic acids is 1. The van der Waals surface area contributed by atoms with Gasteiger partial charge < -0.3 is 14.5 Å². The van der Waals surface area contributed by atoms with Crippen molar-refractivity contribution in [1.82, 2.24) is 9.88 Å². The van der Waals surface area contributed by atoms with Gasteiger partial charge in [0, 0.05) is 26.2 Å². The highest BCUT2D eigenvalue weighted by molar-refractivity contribution is 6.29. The highest BCUT2D eigenvalue weighted by Crippen LogP contribution is 2.20. The summed E-state index contributed by atoms with van der Waals surface area (Å²) in [6, 6.07) is 3.25. The molecule has 5 nitrogen and oxygen atoms in total. The molecule has 98 valence electrons. The van der Waals surface area contributed by atoms with Gasteiger partial charge in [-0.1, -0.05) is 11.6 Å². The Morgan fingerprint density at radius 1 is 1.33 bits per heavy atom. The average Bonchev–Trinajstić information content (AvgIpc) is 2.38. The highest BCUT2D eigenvalue weighted by Gasteiger charge is 2.18. The van der Waals surface area contributed by atoms with E-state index in [0.717, 1.165) is 32.0 Å². The second-order valence-corrected chi connectivity index (χ2v) is 4.71. The number of hydrogen-bond donors (Lipinski definition) is 0. The van der Waals surface area contributed by atoms with Crippen molar-refractivity contribution >= 4 is 23.4 Å². The number of likely N-dealkylation sites (N-methyl/N-ethyl adjacent to an activating group) is 1. The number of halogens is 1. The summed E-state index contributed by atoms with van der Waals surface area (Å²) >= 11 is 5.94. The van der Waals surface area contributed by atoms with Crippen LogP contribution >= 0.6 is 11.6 Å². The molecule has 0 bridgehead atoms. The highest BCUT2D eigenvalue weighted by atomic mass is 35.5. The summed E-state index contributed by atoms with van der Waals surface area (Å²) in [6.45, 7) is 3.71. The van der Waals surface area contributed by atoms with Crippen LogP contribution in [0.4, 0.5) is 5.82 Å². The van der Waals surface area contributed by atoms with Crippen molar-refractivity contribution in [2.24, 2.45) is 0 Å². The molecule has 1 aromatic heterocycles. The lowest BCUT2D eigenvalue weighted by atomic mass is 10.2. The molecule has 18 heavy (non-hydrogen) atoms. The van der Waals surface area contributed by atoms with Gasteiger partial charge >= 0.3 is 5.97 Å². The minimum Gasteiger partial charge on any atom is -0.465 e. The number of ether oxygens (including phenoxy) is 1. The van der Waals surface area contributed by atoms with E-state index in [1.165, 1.54) is 13.2 Å². The maximum Gasteiger partial charge on any atom is 0.338 e. The number of esters is 1. The van der Waals surface area contributed by atoms with E-state index in [4.69, 9.17) is 16.3 Å². The van der Waals surface area contributed by atoms with Crippen molar-refractivity contribution in [3.63, 3.8) is 0 Å². The number of pyridine rings is 1. The van der Waals surface area contributed by atoms with Gasteiger partial charge in [0.25, 0.3) is 0 Å². The molecule has 1 saturated heterocycles. The van der Waals surface area contributed by atoms with Gasteiger partial charge in [0.15, 0.2) is 0 Å². The van der Waals surface area contributed by atoms with E-state index >= 15 is 0 Å². The SMILES string of the molecule is COC(=O)c1cc(Cl)nc(N2CCN(C)CC2)c1. The van der Waals surface area contributed by atoms with Crippen LogP contribution in [0.5, 0.6) is 0 Å². The van der Waals surface area contributed by atoms with Gasteiger partial charge in [0.05, 0.1) is 12.7 Å². The second-order valence-electron chi connectivity index (χ2n) is 4.32. The van der Waals surface area contributed by atoms with Crippen LogP contribution in [-0.4, -0.2) is 56.2 Å². The van der Waals surface area contributed by atoms with Crippen LogP contribution in [0.2, 0.25) is 5.15 Å². The van der Waals surface area contributed by atoms with Crippen molar-refractivity contribution in [3.8, 4) is 0 Å². The molecule has 0 unspecified atom stereocenters. The fourth-order valence-electron chi connectivity index (χ4n) is 1.92. The minimum absolute atomic E-state index is 0.312. The summed E-state index contributed by atoms with van der Waals surface area (Å²) in [5, 5.41) is 0.312. The first kappa shape index (κ1) is 13.1. The summed E-state index contributed by atoms with van der Waals surface area (Å²) in [6.07, 6.45) is 0. The fourth-order valence-corrected chi connectivity index (χ4v) is 2.12. The maximum absolute atomic E-state index is 11.5. The number of piperazine rings is 1. The lowest BCUT2D eigenvalue weighted by molar-refractivity contribution is 0.0600. The number of rotatable bonds is 2. The molecule has 1 fully saturated rings. The first-order valence-electron chi connectivity index (χ1n) is 5.79. The van der Waals surface area contributed by atoms with Crippen LogP contribution in [0.1, 0.15) is 10.4 Å². The number of nitrogens with zero attached hydrogens (tertiary/aromatic N) is 3. The molecule has 0 spiro atoms. The van der Waals surface area contributed by atoms with Gasteiger partial charge in [-0.15, -0.1) is 0 Å². The summed E-state index contributed by atoms with van der Waals surface area (Å²) in [5.41, 5.74) is 0.437. The normalized spacial score (nSPS) is 16.7. The van der Waals surface area contributed by atoms with Crippen LogP contribution in [0, 0.1) is 0 Å². The Labute approximate surface area is 111 Å². The van der Waals surface area contributed by atoms with Gasteiger partial charge in [-0.25, -0.2) is 9.78 Å². The lowest BCUT2D eigenvalue weighted by Crippen LogP contribution is -2.44. The molecule has 6 heteroatoms. The largest absolute Gasteiger partial charge is 0.465 e. The molecule has 0 N–H and O–H groups in total. The first-order valence-corrected chi connectivity index (χ1v) is 6.17. The van der Waals surface area contributed by atoms with Crippen LogP contribution in [0.25, 0.3) is 0 Å². The van der Waals surface area contributed by atoms with Crippen LogP contribution in [0.3, 0.4) is 0 Å². The average molecular weight is 270 g/mol. The van der Waals surface area contributed by atoms with E-state index in [0.29, 0.717) is 10.7 Å². The number of aromatic nitrogens is 1. The molecule has 0 saturated carbocycles. The zero-order valence-electron chi connectivity index (χ0n) is 10.5. The van der Waals surface area contributed by atoms with Gasteiger partial charge in [-0.05, 0) is 19.2 Å². The summed E-state index contributed by atoms with van der Waals surface area (Å²) in [5.74, 6) is 0.339. The Morgan fingerprint density at radius 3 is 2.61 bits per heavy atom. The standard InChI is InChI=1S/C12H16ClN3O2/c1-15-3-5-16(6-4-15)11-8-9(12(17)18-2)7-10(13)14-11/h7-8H,3-6H2,1-2H3. The Bertz CT molecular complexity index is 445. The van der Waals surface area contributed by atoms with Gasteiger partial charge in [0.1, 0.15) is 11.0 Å². The third-order valence-electron chi connectivity index (χ3n) is 3.03. The van der Waals surface area contributed by atoms with E-state index in [9.17, 15) is 4.79 Å². The van der Waals surface area contributed by atoms with Crippen molar-refractivity contribution in [3.05, 3.63) is 22.8 Å². The summed E-state index contributed by atoms with van der Waals surface area (Å²) in [4.78, 5) is 20.2. The van der Waals surface area contributed by atoms with Crippen LogP contribution in [-0.2, 0) is 4.74 Å². The molecular weight excluding hydrogens is 254 g/mol. The summed E-state index contributed by atoms with van der Waals surface area (Å²) in [7, 11) is 3.44. The molecule has 1 aliphatic heterocycles. The zero-order chi connectivity index (χ0) is 13.1. The van der Waals surface area contributed by atoms with Crippen molar-refractivity contribution in [2.75, 3.05) is 45.2 Å². The monoisotopic (exact) mass is 269 g/mol. The third-order valence-corrected chi connectivity index (χ3v) is 3.22. The van der Waals surface area contributed by atoms with Crippen molar-refractivity contribution < 1.29 is 9.53 Å². The molecule has 2 heterocycles. The number of anilines is 1. The number of hydrogen-bond acceptors (Lipinski definition) is 5. The quantitative estimate of drug-likeness (QED) is 0.598. The third kappa shape index (κ3) is 2.91. The Balaban J connectivity index is 2.22. The Morgan fingerprint density at radius 2 is 2.00 bits per heavy atom. The Hall–Kier alpha value is -1.33. The van der Waals surface area contributed by atoms with E-state index in [1.54, 1.807) is 6.07 Å². The second kappa shape index (κ2) is 5.54. The molecule has 1 aromatic rings. The number of carbonyl (C=O) groups is 1. The van der Waals surface area contributed by atoms with Crippen molar-refractivity contribution in [2.45, 2.75) is 0 Å². The van der Waals surface area contributed by atoms with Crippen LogP contribution in [0.15, 0.2) is 12.1 Å². The van der Waals surface area contributed by atoms with Gasteiger partial charge in [-0.2, -0.15) is 0 Å². The smallest absolute Gasteiger partial charge is 0.338 e. The number of methoxy groups -OCH3 is 1. The van der Waals surface area contributed by atoms with E-state index in [-0.39, 0.29) is 0 Å².